The number of hydrogen-bond acceptors (Lipinski definition) is 2. The third-order valence-electron chi connectivity index (χ3n) is 2.38. The predicted octanol–water partition coefficient (Wildman–Crippen LogP) is 3.33. The molecule has 0 atom stereocenters. The first kappa shape index (κ1) is 14.9. The molecule has 0 amide bonds. The molecule has 5 heteroatoms. The Kier molecular flexibility index (Phi) is 6.68. The first-order valence-corrected chi connectivity index (χ1v) is 6.76. The third-order valence-corrected chi connectivity index (χ3v) is 2.85. The summed E-state index contributed by atoms with van der Waals surface area (Å²) in [5.74, 6) is 0. The summed E-state index contributed by atoms with van der Waals surface area (Å²) in [6.07, 6.45) is 2.24. The van der Waals surface area contributed by atoms with Crippen molar-refractivity contribution in [2.75, 3.05) is 6.54 Å². The molecular formula is C13H18ClN3S. The minimum Gasteiger partial charge on any atom is -0.361 e. The van der Waals surface area contributed by atoms with E-state index in [-0.39, 0.29) is 0 Å². The van der Waals surface area contributed by atoms with Gasteiger partial charge >= 0.3 is 0 Å². The zero-order valence-electron chi connectivity index (χ0n) is 10.7. The molecular weight excluding hydrogens is 266 g/mol. The van der Waals surface area contributed by atoms with Crippen LogP contribution in [-0.4, -0.2) is 17.4 Å². The molecule has 1 aromatic carbocycles. The van der Waals surface area contributed by atoms with Crippen molar-refractivity contribution in [1.29, 1.82) is 0 Å². The van der Waals surface area contributed by atoms with Crippen molar-refractivity contribution >= 4 is 34.6 Å². The number of unbranched alkanes of at least 4 members (excludes halogenated alkanes) is 1. The Morgan fingerprint density at radius 3 is 2.89 bits per heavy atom. The van der Waals surface area contributed by atoms with E-state index >= 15 is 0 Å². The number of thiocarbonyl (C=S) groups is 1. The molecule has 0 unspecified atom stereocenters. The lowest BCUT2D eigenvalue weighted by molar-refractivity contribution is 0.745. The molecule has 0 radical (unpaired) electrons. The van der Waals surface area contributed by atoms with E-state index in [1.165, 1.54) is 0 Å². The maximum atomic E-state index is 5.92. The average molecular weight is 284 g/mol. The van der Waals surface area contributed by atoms with Crippen LogP contribution in [0.3, 0.4) is 0 Å². The van der Waals surface area contributed by atoms with E-state index in [1.54, 1.807) is 0 Å². The quantitative estimate of drug-likeness (QED) is 0.377. The molecule has 0 spiro atoms. The highest BCUT2D eigenvalue weighted by atomic mass is 35.5. The monoisotopic (exact) mass is 283 g/mol. The summed E-state index contributed by atoms with van der Waals surface area (Å²) in [7, 11) is 0. The molecule has 1 aromatic rings. The van der Waals surface area contributed by atoms with Crippen molar-refractivity contribution < 1.29 is 0 Å². The maximum Gasteiger partial charge on any atom is 0.186 e. The Hall–Kier alpha value is -1.13. The Balaban J connectivity index is 2.49. The molecule has 2 N–H and O–H groups in total. The Labute approximate surface area is 119 Å². The van der Waals surface area contributed by atoms with E-state index in [9.17, 15) is 0 Å². The second-order valence-corrected chi connectivity index (χ2v) is 4.77. The van der Waals surface area contributed by atoms with Gasteiger partial charge in [0.2, 0.25) is 0 Å². The molecule has 0 heterocycles. The van der Waals surface area contributed by atoms with Crippen LogP contribution in [0, 0.1) is 0 Å². The summed E-state index contributed by atoms with van der Waals surface area (Å²) in [5.41, 5.74) is 4.65. The summed E-state index contributed by atoms with van der Waals surface area (Å²) < 4.78 is 0. The van der Waals surface area contributed by atoms with E-state index in [2.05, 4.69) is 22.8 Å². The molecule has 0 aromatic heterocycles. The van der Waals surface area contributed by atoms with Crippen molar-refractivity contribution in [1.82, 2.24) is 10.7 Å². The molecule has 0 aliphatic heterocycles. The number of hydrazone groups is 1. The fourth-order valence-corrected chi connectivity index (χ4v) is 1.67. The molecule has 0 aliphatic rings. The van der Waals surface area contributed by atoms with Gasteiger partial charge in [-0.25, -0.2) is 0 Å². The van der Waals surface area contributed by atoms with Gasteiger partial charge < -0.3 is 5.32 Å². The zero-order valence-corrected chi connectivity index (χ0v) is 12.2. The van der Waals surface area contributed by atoms with Crippen LogP contribution in [0.25, 0.3) is 0 Å². The van der Waals surface area contributed by atoms with Gasteiger partial charge in [-0.15, -0.1) is 0 Å². The van der Waals surface area contributed by atoms with E-state index in [1.807, 2.05) is 31.2 Å². The van der Waals surface area contributed by atoms with Crippen molar-refractivity contribution in [2.24, 2.45) is 5.10 Å². The van der Waals surface area contributed by atoms with Gasteiger partial charge in [0.05, 0.1) is 5.71 Å². The molecule has 0 bridgehead atoms. The smallest absolute Gasteiger partial charge is 0.186 e. The van der Waals surface area contributed by atoms with Crippen LogP contribution in [0.1, 0.15) is 32.3 Å². The molecule has 18 heavy (non-hydrogen) atoms. The van der Waals surface area contributed by atoms with Crippen molar-refractivity contribution in [2.45, 2.75) is 26.7 Å². The fraction of sp³-hybridized carbons (Fsp3) is 0.385. The van der Waals surface area contributed by atoms with Gasteiger partial charge in [0.15, 0.2) is 5.11 Å². The second kappa shape index (κ2) is 8.06. The summed E-state index contributed by atoms with van der Waals surface area (Å²) >= 11 is 11.0. The van der Waals surface area contributed by atoms with Gasteiger partial charge in [0.25, 0.3) is 0 Å². The lowest BCUT2D eigenvalue weighted by Crippen LogP contribution is -2.33. The van der Waals surface area contributed by atoms with Crippen molar-refractivity contribution in [3.8, 4) is 0 Å². The highest BCUT2D eigenvalue weighted by molar-refractivity contribution is 7.80. The fourth-order valence-electron chi connectivity index (χ4n) is 1.33. The number of nitrogens with zero attached hydrogens (tertiary/aromatic N) is 1. The SMILES string of the molecule is CCCCNC(=S)N/N=C(/C)c1cccc(Cl)c1. The maximum absolute atomic E-state index is 5.92. The number of hydrogen-bond donors (Lipinski definition) is 2. The molecule has 0 aliphatic carbocycles. The van der Waals surface area contributed by atoms with Crippen LogP contribution in [0.4, 0.5) is 0 Å². The number of halogens is 1. The molecule has 0 saturated carbocycles. The minimum absolute atomic E-state index is 0.546. The van der Waals surface area contributed by atoms with E-state index in [0.717, 1.165) is 30.7 Å². The average Bonchev–Trinajstić information content (AvgIpc) is 2.36. The van der Waals surface area contributed by atoms with Crippen molar-refractivity contribution in [3.05, 3.63) is 34.9 Å². The van der Waals surface area contributed by atoms with Crippen molar-refractivity contribution in [3.63, 3.8) is 0 Å². The third kappa shape index (κ3) is 5.47. The summed E-state index contributed by atoms with van der Waals surface area (Å²) in [5, 5.41) is 8.55. The van der Waals surface area contributed by atoms with Gasteiger partial charge in [-0.1, -0.05) is 37.1 Å². The number of rotatable bonds is 5. The van der Waals surface area contributed by atoms with Crippen LogP contribution in [0.5, 0.6) is 0 Å². The highest BCUT2D eigenvalue weighted by Gasteiger charge is 1.99. The zero-order chi connectivity index (χ0) is 13.4. The molecule has 1 rings (SSSR count). The van der Waals surface area contributed by atoms with Crippen LogP contribution < -0.4 is 10.7 Å². The lowest BCUT2D eigenvalue weighted by atomic mass is 10.1. The van der Waals surface area contributed by atoms with Crippen LogP contribution in [-0.2, 0) is 0 Å². The van der Waals surface area contributed by atoms with Crippen LogP contribution in [0.15, 0.2) is 29.4 Å². The predicted molar refractivity (Wildman–Crippen MR) is 82.3 cm³/mol. The van der Waals surface area contributed by atoms with Gasteiger partial charge in [-0.05, 0) is 43.3 Å². The second-order valence-electron chi connectivity index (χ2n) is 3.93. The standard InChI is InChI=1S/C13H18ClN3S/c1-3-4-8-15-13(18)17-16-10(2)11-6-5-7-12(14)9-11/h5-7,9H,3-4,8H2,1-2H3,(H2,15,17,18)/b16-10-. The van der Waals surface area contributed by atoms with Gasteiger partial charge in [-0.3, -0.25) is 5.43 Å². The summed E-state index contributed by atoms with van der Waals surface area (Å²) in [6.45, 7) is 4.92. The highest BCUT2D eigenvalue weighted by Crippen LogP contribution is 2.11. The largest absolute Gasteiger partial charge is 0.361 e. The molecule has 0 fully saturated rings. The molecule has 98 valence electrons. The topological polar surface area (TPSA) is 36.4 Å². The Morgan fingerprint density at radius 2 is 2.22 bits per heavy atom. The first-order chi connectivity index (χ1) is 8.63. The number of nitrogens with one attached hydrogen (secondary N) is 2. The van der Waals surface area contributed by atoms with Gasteiger partial charge in [-0.2, -0.15) is 5.10 Å². The van der Waals surface area contributed by atoms with Crippen LogP contribution >= 0.6 is 23.8 Å². The minimum atomic E-state index is 0.546. The summed E-state index contributed by atoms with van der Waals surface area (Å²) in [6, 6.07) is 7.56. The van der Waals surface area contributed by atoms with E-state index in [4.69, 9.17) is 23.8 Å². The summed E-state index contributed by atoms with van der Waals surface area (Å²) in [4.78, 5) is 0. The van der Waals surface area contributed by atoms with Gasteiger partial charge in [0, 0.05) is 11.6 Å². The normalized spacial score (nSPS) is 11.2. The van der Waals surface area contributed by atoms with Crippen LogP contribution in [0.2, 0.25) is 5.02 Å². The molecule has 3 nitrogen and oxygen atoms in total. The Morgan fingerprint density at radius 1 is 1.44 bits per heavy atom. The number of benzene rings is 1. The lowest BCUT2D eigenvalue weighted by Gasteiger charge is -2.07. The molecule has 0 saturated heterocycles. The van der Waals surface area contributed by atoms with E-state index in [0.29, 0.717) is 10.1 Å². The van der Waals surface area contributed by atoms with Gasteiger partial charge in [0.1, 0.15) is 0 Å². The Bertz CT molecular complexity index is 432. The van der Waals surface area contributed by atoms with E-state index < -0.39 is 0 Å². The first-order valence-electron chi connectivity index (χ1n) is 5.97.